The van der Waals surface area contributed by atoms with Crippen molar-refractivity contribution in [3.8, 4) is 0 Å². The number of hydrogen-bond donors (Lipinski definition) is 1. The molecule has 106 valence electrons. The van der Waals surface area contributed by atoms with E-state index >= 15 is 0 Å². The van der Waals surface area contributed by atoms with Crippen molar-refractivity contribution >= 4 is 29.0 Å². The van der Waals surface area contributed by atoms with Gasteiger partial charge >= 0.3 is 0 Å². The topological polar surface area (TPSA) is 59.2 Å². The fourth-order valence-corrected chi connectivity index (χ4v) is 3.80. The van der Waals surface area contributed by atoms with Gasteiger partial charge in [0, 0.05) is 30.0 Å². The number of nitrogens with two attached hydrogens (primary N) is 1. The summed E-state index contributed by atoms with van der Waals surface area (Å²) in [5.74, 6) is 2.64. The van der Waals surface area contributed by atoms with E-state index in [1.807, 2.05) is 22.0 Å². The van der Waals surface area contributed by atoms with Crippen LogP contribution in [0.3, 0.4) is 0 Å². The quantitative estimate of drug-likeness (QED) is 0.927. The number of nitrogens with zero attached hydrogens (tertiary/aromatic N) is 2. The fraction of sp³-hybridized carbons (Fsp3) is 0.692. The number of carbonyl (C=O) groups is 1. The first kappa shape index (κ1) is 14.8. The molecule has 0 aliphatic carbocycles. The van der Waals surface area contributed by atoms with Crippen molar-refractivity contribution in [1.82, 2.24) is 9.88 Å². The third-order valence-electron chi connectivity index (χ3n) is 3.08. The SMILES string of the molecule is CC(C)CC(N)c1nc(C(=O)N2CCSCC2)cs1. The van der Waals surface area contributed by atoms with Crippen molar-refractivity contribution in [2.24, 2.45) is 11.7 Å². The Bertz CT molecular complexity index is 427. The Kier molecular flexibility index (Phi) is 5.24. The number of aromatic nitrogens is 1. The number of rotatable bonds is 4. The smallest absolute Gasteiger partial charge is 0.273 e. The normalized spacial score (nSPS) is 17.8. The van der Waals surface area contributed by atoms with E-state index in [1.165, 1.54) is 11.3 Å². The van der Waals surface area contributed by atoms with Gasteiger partial charge in [0.05, 0.1) is 6.04 Å². The highest BCUT2D eigenvalue weighted by Crippen LogP contribution is 2.23. The van der Waals surface area contributed by atoms with Crippen LogP contribution in [0.25, 0.3) is 0 Å². The highest BCUT2D eigenvalue weighted by molar-refractivity contribution is 7.99. The molecule has 4 nitrogen and oxygen atoms in total. The van der Waals surface area contributed by atoms with Gasteiger partial charge in [0.25, 0.3) is 5.91 Å². The van der Waals surface area contributed by atoms with Crippen LogP contribution in [0.15, 0.2) is 5.38 Å². The van der Waals surface area contributed by atoms with Crippen LogP contribution in [0.5, 0.6) is 0 Å². The first-order valence-electron chi connectivity index (χ1n) is 6.66. The molecule has 0 bridgehead atoms. The average Bonchev–Trinajstić information content (AvgIpc) is 2.88. The van der Waals surface area contributed by atoms with Crippen molar-refractivity contribution in [3.63, 3.8) is 0 Å². The van der Waals surface area contributed by atoms with Crippen molar-refractivity contribution in [1.29, 1.82) is 0 Å². The lowest BCUT2D eigenvalue weighted by atomic mass is 10.1. The highest BCUT2D eigenvalue weighted by Gasteiger charge is 2.22. The summed E-state index contributed by atoms with van der Waals surface area (Å²) in [4.78, 5) is 18.6. The predicted octanol–water partition coefficient (Wildman–Crippen LogP) is 2.38. The van der Waals surface area contributed by atoms with E-state index in [2.05, 4.69) is 18.8 Å². The number of carbonyl (C=O) groups excluding carboxylic acids is 1. The molecule has 2 rings (SSSR count). The minimum absolute atomic E-state index is 0.0524. The summed E-state index contributed by atoms with van der Waals surface area (Å²) in [6, 6.07) is -0.0524. The Morgan fingerprint density at radius 2 is 2.16 bits per heavy atom. The first-order valence-corrected chi connectivity index (χ1v) is 8.69. The molecule has 0 spiro atoms. The third-order valence-corrected chi connectivity index (χ3v) is 5.00. The standard InChI is InChI=1S/C13H21N3OS2/c1-9(2)7-10(14)12-15-11(8-19-12)13(17)16-3-5-18-6-4-16/h8-10H,3-7,14H2,1-2H3. The predicted molar refractivity (Wildman–Crippen MR) is 81.7 cm³/mol. The molecule has 19 heavy (non-hydrogen) atoms. The second kappa shape index (κ2) is 6.72. The molecule has 1 atom stereocenters. The molecule has 1 fully saturated rings. The summed E-state index contributed by atoms with van der Waals surface area (Å²) >= 11 is 3.40. The molecule has 2 N–H and O–H groups in total. The monoisotopic (exact) mass is 299 g/mol. The second-order valence-corrected chi connectivity index (χ2v) is 7.33. The molecule has 0 radical (unpaired) electrons. The van der Waals surface area contributed by atoms with E-state index in [9.17, 15) is 4.79 Å². The van der Waals surface area contributed by atoms with Crippen LogP contribution in [0.2, 0.25) is 0 Å². The molecule has 1 amide bonds. The van der Waals surface area contributed by atoms with Crippen molar-refractivity contribution in [2.75, 3.05) is 24.6 Å². The van der Waals surface area contributed by atoms with Gasteiger partial charge in [-0.2, -0.15) is 11.8 Å². The zero-order valence-electron chi connectivity index (χ0n) is 11.5. The van der Waals surface area contributed by atoms with Gasteiger partial charge in [-0.1, -0.05) is 13.8 Å². The van der Waals surface area contributed by atoms with Crippen molar-refractivity contribution < 1.29 is 4.79 Å². The zero-order valence-corrected chi connectivity index (χ0v) is 13.1. The Morgan fingerprint density at radius 3 is 2.79 bits per heavy atom. The summed E-state index contributed by atoms with van der Waals surface area (Å²) < 4.78 is 0. The minimum atomic E-state index is -0.0524. The Morgan fingerprint density at radius 1 is 1.47 bits per heavy atom. The maximum atomic E-state index is 12.3. The number of amides is 1. The Labute approximate surface area is 122 Å². The van der Waals surface area contributed by atoms with E-state index in [4.69, 9.17) is 5.73 Å². The number of thiazole rings is 1. The summed E-state index contributed by atoms with van der Waals surface area (Å²) in [5.41, 5.74) is 6.67. The van der Waals surface area contributed by atoms with Gasteiger partial charge in [-0.25, -0.2) is 4.98 Å². The van der Waals surface area contributed by atoms with Crippen LogP contribution in [-0.4, -0.2) is 40.4 Å². The second-order valence-electron chi connectivity index (χ2n) is 5.21. The zero-order chi connectivity index (χ0) is 13.8. The number of thioether (sulfide) groups is 1. The van der Waals surface area contributed by atoms with Crippen LogP contribution in [-0.2, 0) is 0 Å². The molecular formula is C13H21N3OS2. The largest absolute Gasteiger partial charge is 0.336 e. The van der Waals surface area contributed by atoms with E-state index in [0.717, 1.165) is 36.0 Å². The molecule has 1 aromatic heterocycles. The van der Waals surface area contributed by atoms with E-state index in [1.54, 1.807) is 0 Å². The average molecular weight is 299 g/mol. The third kappa shape index (κ3) is 3.94. The van der Waals surface area contributed by atoms with E-state index < -0.39 is 0 Å². The van der Waals surface area contributed by atoms with Crippen LogP contribution >= 0.6 is 23.1 Å². The molecule has 1 aromatic rings. The first-order chi connectivity index (χ1) is 9.08. The molecule has 2 heterocycles. The molecular weight excluding hydrogens is 278 g/mol. The maximum absolute atomic E-state index is 12.3. The molecule has 0 aromatic carbocycles. The van der Waals surface area contributed by atoms with Gasteiger partial charge in [-0.3, -0.25) is 4.79 Å². The highest BCUT2D eigenvalue weighted by atomic mass is 32.2. The Balaban J connectivity index is 2.01. The lowest BCUT2D eigenvalue weighted by molar-refractivity contribution is 0.0767. The van der Waals surface area contributed by atoms with Crippen LogP contribution < -0.4 is 5.73 Å². The molecule has 1 unspecified atom stereocenters. The lowest BCUT2D eigenvalue weighted by Crippen LogP contribution is -2.38. The van der Waals surface area contributed by atoms with Crippen LogP contribution in [0.1, 0.15) is 41.8 Å². The summed E-state index contributed by atoms with van der Waals surface area (Å²) in [5, 5.41) is 2.73. The van der Waals surface area contributed by atoms with E-state index in [0.29, 0.717) is 11.6 Å². The van der Waals surface area contributed by atoms with Gasteiger partial charge in [0.1, 0.15) is 10.7 Å². The summed E-state index contributed by atoms with van der Waals surface area (Å²) in [6.45, 7) is 5.94. The molecule has 1 saturated heterocycles. The summed E-state index contributed by atoms with van der Waals surface area (Å²) in [6.07, 6.45) is 0.904. The van der Waals surface area contributed by atoms with Gasteiger partial charge in [-0.05, 0) is 12.3 Å². The fourth-order valence-electron chi connectivity index (χ4n) is 2.09. The molecule has 6 heteroatoms. The number of hydrogen-bond acceptors (Lipinski definition) is 5. The van der Waals surface area contributed by atoms with E-state index in [-0.39, 0.29) is 11.9 Å². The molecule has 0 saturated carbocycles. The Hall–Kier alpha value is -0.590. The van der Waals surface area contributed by atoms with Crippen LogP contribution in [0, 0.1) is 5.92 Å². The van der Waals surface area contributed by atoms with Gasteiger partial charge < -0.3 is 10.6 Å². The summed E-state index contributed by atoms with van der Waals surface area (Å²) in [7, 11) is 0. The van der Waals surface area contributed by atoms with Gasteiger partial charge in [-0.15, -0.1) is 11.3 Å². The van der Waals surface area contributed by atoms with Gasteiger partial charge in [0.15, 0.2) is 0 Å². The maximum Gasteiger partial charge on any atom is 0.273 e. The van der Waals surface area contributed by atoms with Gasteiger partial charge in [0.2, 0.25) is 0 Å². The van der Waals surface area contributed by atoms with Crippen LogP contribution in [0.4, 0.5) is 0 Å². The molecule has 1 aliphatic heterocycles. The van der Waals surface area contributed by atoms with Crippen molar-refractivity contribution in [3.05, 3.63) is 16.1 Å². The minimum Gasteiger partial charge on any atom is -0.336 e. The van der Waals surface area contributed by atoms with Crippen molar-refractivity contribution in [2.45, 2.75) is 26.3 Å². The molecule has 1 aliphatic rings. The lowest BCUT2D eigenvalue weighted by Gasteiger charge is -2.25.